The number of hydrogen-bond acceptors (Lipinski definition) is 4. The molecule has 4 rings (SSSR count). The van der Waals surface area contributed by atoms with Gasteiger partial charge >= 0.3 is 0 Å². The van der Waals surface area contributed by atoms with Gasteiger partial charge in [-0.3, -0.25) is 0 Å². The van der Waals surface area contributed by atoms with Crippen molar-refractivity contribution in [3.63, 3.8) is 0 Å². The fourth-order valence-electron chi connectivity index (χ4n) is 4.82. The van der Waals surface area contributed by atoms with Crippen molar-refractivity contribution in [2.45, 2.75) is 66.9 Å². The van der Waals surface area contributed by atoms with Gasteiger partial charge in [0, 0.05) is 0 Å². The molecule has 0 radical (unpaired) electrons. The van der Waals surface area contributed by atoms with Crippen LogP contribution in [0, 0.1) is 0 Å². The van der Waals surface area contributed by atoms with E-state index in [0.717, 1.165) is 10.4 Å². The zero-order valence-corrected chi connectivity index (χ0v) is 19.5. The van der Waals surface area contributed by atoms with Crippen molar-refractivity contribution in [2.24, 2.45) is 0 Å². The van der Waals surface area contributed by atoms with E-state index in [9.17, 15) is 18.0 Å². The quantitative estimate of drug-likeness (QED) is 0.479. The molecule has 2 aliphatic rings. The second kappa shape index (κ2) is 7.14. The molecule has 0 saturated heterocycles. The first-order valence-corrected chi connectivity index (χ1v) is 14.1. The van der Waals surface area contributed by atoms with E-state index in [1.807, 2.05) is 60.7 Å². The maximum Gasteiger partial charge on any atom is 0.258 e. The minimum atomic E-state index is -3.50. The SMILES string of the molecule is CC(C)(CCC1(S(=O)(=O)C2(C=O)CC2)CC1)[Si](O)(c1ccccc1)c1ccccc1. The zero-order valence-electron chi connectivity index (χ0n) is 17.7. The van der Waals surface area contributed by atoms with E-state index in [1.165, 1.54) is 0 Å². The van der Waals surface area contributed by atoms with Crippen molar-refractivity contribution >= 4 is 34.8 Å². The third-order valence-electron chi connectivity index (χ3n) is 7.44. The lowest BCUT2D eigenvalue weighted by Gasteiger charge is -2.42. The van der Waals surface area contributed by atoms with Crippen LogP contribution in [0.2, 0.25) is 5.04 Å². The Hall–Kier alpha value is -1.76. The average Bonchev–Trinajstić information content (AvgIpc) is 3.67. The smallest absolute Gasteiger partial charge is 0.258 e. The van der Waals surface area contributed by atoms with Gasteiger partial charge in [-0.25, -0.2) is 8.42 Å². The number of sulfone groups is 1. The predicted octanol–water partition coefficient (Wildman–Crippen LogP) is 2.98. The Morgan fingerprint density at radius 2 is 1.40 bits per heavy atom. The fourth-order valence-corrected chi connectivity index (χ4v) is 11.2. The van der Waals surface area contributed by atoms with Gasteiger partial charge in [0.25, 0.3) is 8.32 Å². The van der Waals surface area contributed by atoms with Gasteiger partial charge in [-0.05, 0) is 53.9 Å². The number of carbonyl (C=O) groups is 1. The van der Waals surface area contributed by atoms with Gasteiger partial charge in [0.2, 0.25) is 0 Å². The molecule has 0 atom stereocenters. The van der Waals surface area contributed by atoms with Crippen LogP contribution in [0.1, 0.15) is 52.4 Å². The molecule has 0 amide bonds. The molecular weight excluding hydrogens is 412 g/mol. The molecule has 0 bridgehead atoms. The van der Waals surface area contributed by atoms with E-state index in [2.05, 4.69) is 13.8 Å². The van der Waals surface area contributed by atoms with Crippen LogP contribution in [0.15, 0.2) is 60.7 Å². The standard InChI is InChI=1S/C24H30O4SSi/c1-22(2,13-14-23(15-16-23)29(26,27)24(19-25)17-18-24)30(28,20-9-5-3-6-10-20)21-11-7-4-8-12-21/h3-12,19,28H,13-18H2,1-2H3. The summed E-state index contributed by atoms with van der Waals surface area (Å²) in [5.74, 6) is 0. The zero-order chi connectivity index (χ0) is 21.7. The van der Waals surface area contributed by atoms with Crippen LogP contribution in [0.25, 0.3) is 0 Å². The van der Waals surface area contributed by atoms with Crippen LogP contribution in [0.3, 0.4) is 0 Å². The van der Waals surface area contributed by atoms with Crippen LogP contribution in [-0.2, 0) is 14.6 Å². The molecule has 2 aromatic carbocycles. The molecule has 1 N–H and O–H groups in total. The van der Waals surface area contributed by atoms with Crippen molar-refractivity contribution in [1.82, 2.24) is 0 Å². The molecule has 0 spiro atoms. The lowest BCUT2D eigenvalue weighted by molar-refractivity contribution is -0.108. The topological polar surface area (TPSA) is 71.4 Å². The molecule has 6 heteroatoms. The summed E-state index contributed by atoms with van der Waals surface area (Å²) in [6, 6.07) is 19.6. The Morgan fingerprint density at radius 1 is 0.933 bits per heavy atom. The van der Waals surface area contributed by atoms with E-state index in [1.54, 1.807) is 0 Å². The van der Waals surface area contributed by atoms with Crippen molar-refractivity contribution in [2.75, 3.05) is 0 Å². The third kappa shape index (κ3) is 3.12. The molecule has 0 heterocycles. The van der Waals surface area contributed by atoms with Crippen LogP contribution < -0.4 is 10.4 Å². The molecule has 4 nitrogen and oxygen atoms in total. The van der Waals surface area contributed by atoms with Gasteiger partial charge in [-0.15, -0.1) is 0 Å². The number of aldehydes is 1. The van der Waals surface area contributed by atoms with Crippen LogP contribution in [-0.4, -0.2) is 37.3 Å². The number of benzene rings is 2. The Labute approximate surface area is 180 Å². The van der Waals surface area contributed by atoms with Crippen molar-refractivity contribution in [1.29, 1.82) is 0 Å². The molecule has 2 aromatic rings. The predicted molar refractivity (Wildman–Crippen MR) is 122 cm³/mol. The summed E-state index contributed by atoms with van der Waals surface area (Å²) < 4.78 is 24.6. The Bertz CT molecular complexity index is 984. The molecule has 2 saturated carbocycles. The molecule has 0 aliphatic heterocycles. The van der Waals surface area contributed by atoms with Gasteiger partial charge < -0.3 is 9.59 Å². The summed E-state index contributed by atoms with van der Waals surface area (Å²) >= 11 is 0. The molecule has 0 unspecified atom stereocenters. The minimum absolute atomic E-state index is 0.455. The monoisotopic (exact) mass is 442 g/mol. The highest BCUT2D eigenvalue weighted by Crippen LogP contribution is 2.59. The van der Waals surface area contributed by atoms with Gasteiger partial charge in [0.15, 0.2) is 9.84 Å². The van der Waals surface area contributed by atoms with Crippen LogP contribution >= 0.6 is 0 Å². The maximum atomic E-state index is 13.3. The average molecular weight is 443 g/mol. The lowest BCUT2D eigenvalue weighted by atomic mass is 10.0. The summed E-state index contributed by atoms with van der Waals surface area (Å²) in [6.07, 6.45) is 3.90. The highest BCUT2D eigenvalue weighted by Gasteiger charge is 2.67. The molecule has 30 heavy (non-hydrogen) atoms. The van der Waals surface area contributed by atoms with Crippen LogP contribution in [0.5, 0.6) is 0 Å². The van der Waals surface area contributed by atoms with E-state index in [4.69, 9.17) is 0 Å². The summed E-state index contributed by atoms with van der Waals surface area (Å²) in [5.41, 5.74) is 0. The fraction of sp³-hybridized carbons (Fsp3) is 0.458. The minimum Gasteiger partial charge on any atom is -0.424 e. The third-order valence-corrected chi connectivity index (χ3v) is 15.3. The van der Waals surface area contributed by atoms with Gasteiger partial charge in [0.1, 0.15) is 11.0 Å². The molecule has 2 aliphatic carbocycles. The number of rotatable bonds is 9. The van der Waals surface area contributed by atoms with Crippen molar-refractivity contribution in [3.8, 4) is 0 Å². The molecular formula is C24H30O4SSi. The number of carbonyl (C=O) groups excluding carboxylic acids is 1. The van der Waals surface area contributed by atoms with E-state index in [-0.39, 0.29) is 0 Å². The van der Waals surface area contributed by atoms with Gasteiger partial charge in [0.05, 0.1) is 4.75 Å². The van der Waals surface area contributed by atoms with Crippen molar-refractivity contribution < 1.29 is 18.0 Å². The number of hydrogen-bond donors (Lipinski definition) is 1. The van der Waals surface area contributed by atoms with Gasteiger partial charge in [-0.1, -0.05) is 74.5 Å². The normalized spacial score (nSPS) is 19.8. The van der Waals surface area contributed by atoms with E-state index in [0.29, 0.717) is 44.8 Å². The second-order valence-electron chi connectivity index (χ2n) is 9.70. The maximum absolute atomic E-state index is 13.3. The summed E-state index contributed by atoms with van der Waals surface area (Å²) in [5, 5.41) is 1.37. The Balaban J connectivity index is 1.66. The van der Waals surface area contributed by atoms with E-state index >= 15 is 0 Å². The first kappa shape index (κ1) is 21.5. The summed E-state index contributed by atoms with van der Waals surface area (Å²) in [7, 11) is -6.66. The van der Waals surface area contributed by atoms with E-state index < -0.39 is 32.7 Å². The highest BCUT2D eigenvalue weighted by atomic mass is 32.2. The van der Waals surface area contributed by atoms with Crippen molar-refractivity contribution in [3.05, 3.63) is 60.7 Å². The van der Waals surface area contributed by atoms with Gasteiger partial charge in [-0.2, -0.15) is 0 Å². The first-order chi connectivity index (χ1) is 14.1. The molecule has 0 aromatic heterocycles. The second-order valence-corrected chi connectivity index (χ2v) is 16.3. The molecule has 2 fully saturated rings. The summed E-state index contributed by atoms with van der Waals surface area (Å²) in [6.45, 7) is 4.13. The molecule has 160 valence electrons. The Morgan fingerprint density at radius 3 is 1.77 bits per heavy atom. The Kier molecular flexibility index (Phi) is 5.11. The first-order valence-electron chi connectivity index (χ1n) is 10.7. The highest BCUT2D eigenvalue weighted by molar-refractivity contribution is 7.95. The van der Waals surface area contributed by atoms with Crippen LogP contribution in [0.4, 0.5) is 0 Å². The lowest BCUT2D eigenvalue weighted by Crippen LogP contribution is -2.65. The largest absolute Gasteiger partial charge is 0.424 e. The summed E-state index contributed by atoms with van der Waals surface area (Å²) in [4.78, 5) is 23.8.